The molecule has 1 amide bonds. The zero-order chi connectivity index (χ0) is 14.6. The summed E-state index contributed by atoms with van der Waals surface area (Å²) >= 11 is 5.80. The molecule has 1 aromatic carbocycles. The van der Waals surface area contributed by atoms with Crippen molar-refractivity contribution < 1.29 is 19.4 Å². The molecule has 1 aromatic rings. The van der Waals surface area contributed by atoms with Crippen LogP contribution >= 0.6 is 11.6 Å². The Kier molecular flexibility index (Phi) is 5.18. The highest BCUT2D eigenvalue weighted by molar-refractivity contribution is 6.30. The molecule has 0 bridgehead atoms. The zero-order valence-corrected chi connectivity index (χ0v) is 11.7. The third-order valence-electron chi connectivity index (χ3n) is 2.63. The maximum Gasteiger partial charge on any atom is 0.326 e. The van der Waals surface area contributed by atoms with Gasteiger partial charge in [-0.1, -0.05) is 25.4 Å². The summed E-state index contributed by atoms with van der Waals surface area (Å²) in [5, 5.41) is 11.9. The fourth-order valence-electron chi connectivity index (χ4n) is 1.59. The van der Waals surface area contributed by atoms with Gasteiger partial charge in [-0.15, -0.1) is 0 Å². The second-order valence-electron chi connectivity index (χ2n) is 4.38. The first-order valence-electron chi connectivity index (χ1n) is 5.74. The van der Waals surface area contributed by atoms with Crippen LogP contribution < -0.4 is 10.1 Å². The average molecular weight is 286 g/mol. The van der Waals surface area contributed by atoms with E-state index in [9.17, 15) is 9.59 Å². The van der Waals surface area contributed by atoms with E-state index in [0.29, 0.717) is 10.8 Å². The predicted molar refractivity (Wildman–Crippen MR) is 71.7 cm³/mol. The van der Waals surface area contributed by atoms with Crippen molar-refractivity contribution in [3.05, 3.63) is 28.8 Å². The fourth-order valence-corrected chi connectivity index (χ4v) is 1.75. The van der Waals surface area contributed by atoms with E-state index in [2.05, 4.69) is 5.32 Å². The molecule has 1 rings (SSSR count). The van der Waals surface area contributed by atoms with Gasteiger partial charge in [0.25, 0.3) is 5.91 Å². The summed E-state index contributed by atoms with van der Waals surface area (Å²) in [4.78, 5) is 23.1. The van der Waals surface area contributed by atoms with E-state index in [0.717, 1.165) is 0 Å². The van der Waals surface area contributed by atoms with Crippen LogP contribution in [-0.2, 0) is 4.79 Å². The number of amides is 1. The van der Waals surface area contributed by atoms with Gasteiger partial charge in [-0.2, -0.15) is 0 Å². The van der Waals surface area contributed by atoms with Crippen LogP contribution in [0, 0.1) is 5.92 Å². The summed E-state index contributed by atoms with van der Waals surface area (Å²) in [5.41, 5.74) is 0.249. The minimum atomic E-state index is -1.07. The summed E-state index contributed by atoms with van der Waals surface area (Å²) in [6, 6.07) is 3.59. The van der Waals surface area contributed by atoms with Crippen molar-refractivity contribution in [3.8, 4) is 5.75 Å². The molecule has 0 spiro atoms. The van der Waals surface area contributed by atoms with Gasteiger partial charge < -0.3 is 15.2 Å². The first-order valence-corrected chi connectivity index (χ1v) is 6.11. The van der Waals surface area contributed by atoms with Gasteiger partial charge in [0.15, 0.2) is 0 Å². The van der Waals surface area contributed by atoms with E-state index in [1.165, 1.54) is 19.2 Å². The smallest absolute Gasteiger partial charge is 0.326 e. The Bertz CT molecular complexity index is 488. The fraction of sp³-hybridized carbons (Fsp3) is 0.385. The van der Waals surface area contributed by atoms with Crippen molar-refractivity contribution in [1.29, 1.82) is 0 Å². The van der Waals surface area contributed by atoms with Crippen LogP contribution in [-0.4, -0.2) is 30.1 Å². The highest BCUT2D eigenvalue weighted by Crippen LogP contribution is 2.23. The van der Waals surface area contributed by atoms with Crippen LogP contribution in [0.15, 0.2) is 18.2 Å². The molecule has 0 aliphatic carbocycles. The number of ether oxygens (including phenoxy) is 1. The van der Waals surface area contributed by atoms with Crippen molar-refractivity contribution in [1.82, 2.24) is 5.32 Å². The number of hydrogen-bond acceptors (Lipinski definition) is 3. The topological polar surface area (TPSA) is 75.6 Å². The number of benzene rings is 1. The van der Waals surface area contributed by atoms with E-state index in [4.69, 9.17) is 21.4 Å². The Labute approximate surface area is 116 Å². The Balaban J connectivity index is 2.97. The first kappa shape index (κ1) is 15.3. The third-order valence-corrected chi connectivity index (χ3v) is 2.86. The largest absolute Gasteiger partial charge is 0.496 e. The molecule has 0 heterocycles. The van der Waals surface area contributed by atoms with Gasteiger partial charge >= 0.3 is 5.97 Å². The number of carboxylic acids is 1. The van der Waals surface area contributed by atoms with Gasteiger partial charge in [0.05, 0.1) is 12.7 Å². The molecule has 0 saturated carbocycles. The molecule has 19 heavy (non-hydrogen) atoms. The number of rotatable bonds is 5. The van der Waals surface area contributed by atoms with Gasteiger partial charge in [-0.25, -0.2) is 4.79 Å². The quantitative estimate of drug-likeness (QED) is 0.869. The number of carbonyl (C=O) groups excluding carboxylic acids is 1. The Morgan fingerprint density at radius 2 is 2.00 bits per heavy atom. The van der Waals surface area contributed by atoms with Gasteiger partial charge in [0.2, 0.25) is 0 Å². The number of methoxy groups -OCH3 is 1. The molecule has 0 unspecified atom stereocenters. The molecule has 0 saturated heterocycles. The lowest BCUT2D eigenvalue weighted by Gasteiger charge is -2.18. The van der Waals surface area contributed by atoms with Crippen molar-refractivity contribution in [3.63, 3.8) is 0 Å². The summed E-state index contributed by atoms with van der Waals surface area (Å²) in [6.07, 6.45) is 0. The van der Waals surface area contributed by atoms with Crippen LogP contribution in [0.4, 0.5) is 0 Å². The molecule has 5 nitrogen and oxygen atoms in total. The molecule has 2 N–H and O–H groups in total. The number of aliphatic carboxylic acids is 1. The standard InChI is InChI=1S/C13H16ClNO4/c1-7(2)11(13(17)18)15-12(16)9-5-4-8(14)6-10(9)19-3/h4-7,11H,1-3H3,(H,15,16)(H,17,18)/t11-/m1/s1. The van der Waals surface area contributed by atoms with Crippen LogP contribution in [0.25, 0.3) is 0 Å². The number of hydrogen-bond donors (Lipinski definition) is 2. The van der Waals surface area contributed by atoms with Gasteiger partial charge in [0, 0.05) is 5.02 Å². The van der Waals surface area contributed by atoms with Gasteiger partial charge in [0.1, 0.15) is 11.8 Å². The second-order valence-corrected chi connectivity index (χ2v) is 4.81. The second kappa shape index (κ2) is 6.43. The Hall–Kier alpha value is -1.75. The Morgan fingerprint density at radius 1 is 1.37 bits per heavy atom. The SMILES string of the molecule is COc1cc(Cl)ccc1C(=O)N[C@@H](C(=O)O)C(C)C. The molecule has 0 aliphatic rings. The van der Waals surface area contributed by atoms with E-state index in [-0.39, 0.29) is 11.5 Å². The van der Waals surface area contributed by atoms with E-state index >= 15 is 0 Å². The minimum absolute atomic E-state index is 0.222. The zero-order valence-electron chi connectivity index (χ0n) is 10.9. The number of nitrogens with one attached hydrogen (secondary N) is 1. The molecule has 0 radical (unpaired) electrons. The van der Waals surface area contributed by atoms with Crippen molar-refractivity contribution in [2.45, 2.75) is 19.9 Å². The molecule has 0 aromatic heterocycles. The maximum atomic E-state index is 12.1. The normalized spacial score (nSPS) is 12.1. The van der Waals surface area contributed by atoms with Crippen LogP contribution in [0.1, 0.15) is 24.2 Å². The summed E-state index contributed by atoms with van der Waals surface area (Å²) in [6.45, 7) is 3.44. The van der Waals surface area contributed by atoms with Crippen LogP contribution in [0.3, 0.4) is 0 Å². The molecular formula is C13H16ClNO4. The molecular weight excluding hydrogens is 270 g/mol. The minimum Gasteiger partial charge on any atom is -0.496 e. The monoisotopic (exact) mass is 285 g/mol. The lowest BCUT2D eigenvalue weighted by atomic mass is 10.0. The summed E-state index contributed by atoms with van der Waals surface area (Å²) < 4.78 is 5.06. The van der Waals surface area contributed by atoms with Crippen LogP contribution in [0.2, 0.25) is 5.02 Å². The highest BCUT2D eigenvalue weighted by Gasteiger charge is 2.25. The molecule has 0 fully saturated rings. The number of halogens is 1. The predicted octanol–water partition coefficient (Wildman–Crippen LogP) is 2.19. The maximum absolute atomic E-state index is 12.1. The average Bonchev–Trinajstić information content (AvgIpc) is 2.34. The number of carboxylic acid groups (broad SMARTS) is 1. The van der Waals surface area contributed by atoms with Gasteiger partial charge in [-0.05, 0) is 24.1 Å². The van der Waals surface area contributed by atoms with Crippen LogP contribution in [0.5, 0.6) is 5.75 Å². The van der Waals surface area contributed by atoms with Crippen molar-refractivity contribution in [2.75, 3.05) is 7.11 Å². The van der Waals surface area contributed by atoms with Crippen molar-refractivity contribution in [2.24, 2.45) is 5.92 Å². The van der Waals surface area contributed by atoms with Gasteiger partial charge in [-0.3, -0.25) is 4.79 Å². The third kappa shape index (κ3) is 3.86. The Morgan fingerprint density at radius 3 is 2.47 bits per heavy atom. The lowest BCUT2D eigenvalue weighted by molar-refractivity contribution is -0.140. The lowest BCUT2D eigenvalue weighted by Crippen LogP contribution is -2.44. The van der Waals surface area contributed by atoms with E-state index in [1.807, 2.05) is 0 Å². The molecule has 104 valence electrons. The highest BCUT2D eigenvalue weighted by atomic mass is 35.5. The van der Waals surface area contributed by atoms with E-state index in [1.54, 1.807) is 19.9 Å². The summed E-state index contributed by atoms with van der Waals surface area (Å²) in [7, 11) is 1.42. The van der Waals surface area contributed by atoms with Crippen molar-refractivity contribution >= 4 is 23.5 Å². The molecule has 6 heteroatoms. The molecule has 0 aliphatic heterocycles. The molecule has 1 atom stereocenters. The first-order chi connectivity index (χ1) is 8.86. The number of carbonyl (C=O) groups is 2. The van der Waals surface area contributed by atoms with E-state index < -0.39 is 17.9 Å². The summed E-state index contributed by atoms with van der Waals surface area (Å²) in [5.74, 6) is -1.50.